The van der Waals surface area contributed by atoms with E-state index in [1.54, 1.807) is 24.2 Å². The Hall–Kier alpha value is -3.16. The molecule has 1 aromatic carbocycles. The second-order valence-corrected chi connectivity index (χ2v) is 7.70. The van der Waals surface area contributed by atoms with Crippen LogP contribution in [-0.2, 0) is 24.3 Å². The molecule has 1 aromatic heterocycles. The molecule has 1 amide bonds. The molecule has 0 saturated carbocycles. The van der Waals surface area contributed by atoms with E-state index in [9.17, 15) is 24.7 Å². The topological polar surface area (TPSA) is 159 Å². The van der Waals surface area contributed by atoms with Crippen molar-refractivity contribution < 1.29 is 34.1 Å². The molecule has 13 heteroatoms. The molecule has 0 radical (unpaired) electrons. The van der Waals surface area contributed by atoms with Crippen molar-refractivity contribution in [3.8, 4) is 11.5 Å². The number of rotatable bonds is 7. The molecule has 1 fully saturated rings. The summed E-state index contributed by atoms with van der Waals surface area (Å²) in [4.78, 5) is 25.9. The highest BCUT2D eigenvalue weighted by atomic mass is 16.6. The normalized spacial score (nSPS) is 17.5. The quantitative estimate of drug-likeness (QED) is 0.393. The largest absolute Gasteiger partial charge is 0.669 e. The van der Waals surface area contributed by atoms with Crippen LogP contribution in [0.15, 0.2) is 18.3 Å². The number of hydrogen-bond acceptors (Lipinski definition) is 9. The summed E-state index contributed by atoms with van der Waals surface area (Å²) in [5.74, 6) is -1.47. The Labute approximate surface area is 177 Å². The van der Waals surface area contributed by atoms with Gasteiger partial charge in [-0.3, -0.25) is 4.79 Å². The first kappa shape index (κ1) is 21.1. The van der Waals surface area contributed by atoms with Crippen molar-refractivity contribution in [1.82, 2.24) is 25.2 Å². The van der Waals surface area contributed by atoms with Crippen LogP contribution >= 0.6 is 0 Å². The Kier molecular flexibility index (Phi) is 5.56. The summed E-state index contributed by atoms with van der Waals surface area (Å²) in [7, 11) is 1.79. The number of nitrogens with one attached hydrogen (secondary N) is 1. The minimum atomic E-state index is -3.11. The first-order valence-electron chi connectivity index (χ1n) is 9.92. The average Bonchev–Trinajstić information content (AvgIpc) is 3.09. The van der Waals surface area contributed by atoms with Crippen LogP contribution in [0.1, 0.15) is 21.6 Å². The highest BCUT2D eigenvalue weighted by molar-refractivity contribution is 6.59. The molecule has 2 aromatic rings. The van der Waals surface area contributed by atoms with E-state index in [1.165, 1.54) is 10.7 Å². The van der Waals surface area contributed by atoms with E-state index in [2.05, 4.69) is 15.6 Å². The Bertz CT molecular complexity index is 1010. The number of carboxylic acid groups (broad SMARTS) is 1. The first-order chi connectivity index (χ1) is 14.8. The maximum Gasteiger partial charge on any atom is 0.430 e. The molecule has 166 valence electrons. The highest BCUT2D eigenvalue weighted by Gasteiger charge is 2.36. The van der Waals surface area contributed by atoms with Gasteiger partial charge in [-0.05, 0) is 25.1 Å². The number of carboxylic acids is 1. The third kappa shape index (κ3) is 4.33. The van der Waals surface area contributed by atoms with Gasteiger partial charge in [0.2, 0.25) is 5.91 Å². The molecule has 0 aliphatic carbocycles. The van der Waals surface area contributed by atoms with Gasteiger partial charge in [-0.1, -0.05) is 17.6 Å². The second-order valence-electron chi connectivity index (χ2n) is 7.70. The number of aromatic carboxylic acids is 1. The van der Waals surface area contributed by atoms with Gasteiger partial charge in [0.1, 0.15) is 24.0 Å². The predicted molar refractivity (Wildman–Crippen MR) is 107 cm³/mol. The zero-order chi connectivity index (χ0) is 22.2. The maximum atomic E-state index is 12.5. The number of amides is 1. The van der Waals surface area contributed by atoms with Crippen molar-refractivity contribution in [3.63, 3.8) is 0 Å². The van der Waals surface area contributed by atoms with Crippen molar-refractivity contribution >= 4 is 18.6 Å². The van der Waals surface area contributed by atoms with E-state index in [0.717, 1.165) is 5.69 Å². The van der Waals surface area contributed by atoms with Gasteiger partial charge in [0.05, 0.1) is 30.7 Å². The molecular formula is C18H23BN5O7-. The van der Waals surface area contributed by atoms with Gasteiger partial charge in [-0.15, -0.1) is 5.10 Å². The van der Waals surface area contributed by atoms with E-state index in [4.69, 9.17) is 9.39 Å². The number of aromatic nitrogens is 3. The first-order valence-corrected chi connectivity index (χ1v) is 9.92. The molecule has 0 unspecified atom stereocenters. The number of benzene rings is 1. The smallest absolute Gasteiger partial charge is 0.430 e. The fraction of sp³-hybridized carbons (Fsp3) is 0.444. The van der Waals surface area contributed by atoms with E-state index >= 15 is 0 Å². The number of nitrogens with zero attached hydrogens (tertiary/aromatic N) is 4. The minimum absolute atomic E-state index is 0.00619. The van der Waals surface area contributed by atoms with Crippen LogP contribution < -0.4 is 14.7 Å². The van der Waals surface area contributed by atoms with Gasteiger partial charge in [0, 0.05) is 6.54 Å². The summed E-state index contributed by atoms with van der Waals surface area (Å²) in [5.41, 5.74) is 1.10. The molecule has 3 heterocycles. The van der Waals surface area contributed by atoms with Gasteiger partial charge >= 0.3 is 12.7 Å². The van der Waals surface area contributed by atoms with Crippen LogP contribution in [0.4, 0.5) is 0 Å². The third-order valence-corrected chi connectivity index (χ3v) is 5.35. The third-order valence-electron chi connectivity index (χ3n) is 5.35. The van der Waals surface area contributed by atoms with Crippen molar-refractivity contribution in [2.24, 2.45) is 0 Å². The number of likely N-dealkylation sites (tertiary alicyclic amines) is 1. The Morgan fingerprint density at radius 2 is 2.13 bits per heavy atom. The zero-order valence-electron chi connectivity index (χ0n) is 16.9. The van der Waals surface area contributed by atoms with Crippen molar-refractivity contribution in [2.45, 2.75) is 31.9 Å². The molecule has 0 spiro atoms. The van der Waals surface area contributed by atoms with E-state index in [0.29, 0.717) is 25.2 Å². The molecule has 1 saturated heterocycles. The van der Waals surface area contributed by atoms with Gasteiger partial charge in [-0.25, -0.2) is 9.48 Å². The summed E-state index contributed by atoms with van der Waals surface area (Å²) in [6.07, 6.45) is 1.47. The van der Waals surface area contributed by atoms with E-state index < -0.39 is 18.8 Å². The van der Waals surface area contributed by atoms with Crippen LogP contribution in [-0.4, -0.2) is 79.9 Å². The van der Waals surface area contributed by atoms with E-state index in [1.807, 2.05) is 0 Å². The lowest BCUT2D eigenvalue weighted by molar-refractivity contribution is -0.141. The van der Waals surface area contributed by atoms with Crippen LogP contribution in [0.25, 0.3) is 0 Å². The second kappa shape index (κ2) is 8.17. The summed E-state index contributed by atoms with van der Waals surface area (Å²) in [6, 6.07) is 3.18. The number of hydrogen-bond donors (Lipinski definition) is 4. The molecule has 2 aliphatic rings. The highest BCUT2D eigenvalue weighted by Crippen LogP contribution is 2.38. The summed E-state index contributed by atoms with van der Waals surface area (Å²) < 4.78 is 12.5. The fourth-order valence-electron chi connectivity index (χ4n) is 3.69. The van der Waals surface area contributed by atoms with Gasteiger partial charge < -0.3 is 34.8 Å². The van der Waals surface area contributed by atoms with Gasteiger partial charge in [-0.2, -0.15) is 0 Å². The van der Waals surface area contributed by atoms with Crippen LogP contribution in [0.5, 0.6) is 11.5 Å². The molecule has 0 bridgehead atoms. The zero-order valence-corrected chi connectivity index (χ0v) is 16.9. The molecule has 12 nitrogen and oxygen atoms in total. The molecule has 4 rings (SSSR count). The summed E-state index contributed by atoms with van der Waals surface area (Å²) >= 11 is 0. The van der Waals surface area contributed by atoms with Crippen molar-refractivity contribution in [1.29, 1.82) is 0 Å². The molecular weight excluding hydrogens is 409 g/mol. The number of aryl methyl sites for hydroxylation is 1. The maximum absolute atomic E-state index is 12.5. The van der Waals surface area contributed by atoms with Crippen LogP contribution in [0.2, 0.25) is 6.32 Å². The molecule has 0 atom stereocenters. The number of carbonyl (C=O) groups is 2. The fourth-order valence-corrected chi connectivity index (χ4v) is 3.69. The van der Waals surface area contributed by atoms with Crippen LogP contribution in [0.3, 0.4) is 0 Å². The predicted octanol–water partition coefficient (Wildman–Crippen LogP) is -1.16. The van der Waals surface area contributed by atoms with Gasteiger partial charge in [0.25, 0.3) is 0 Å². The molecule has 4 N–H and O–H groups in total. The Balaban J connectivity index is 1.41. The lowest BCUT2D eigenvalue weighted by Gasteiger charge is -2.40. The number of carbonyl (C=O) groups excluding carboxylic acids is 1. The van der Waals surface area contributed by atoms with Crippen LogP contribution in [0, 0.1) is 0 Å². The standard InChI is InChI=1S/C18H23BN5O7/c1-20-6-12-7-21-22-24(12)10-15(25)23-8-13(9-23)30-14-3-2-11-4-5-19(28,29)31-17(11)16(14)18(26)27/h2-3,7,13,20,28-29H,4-6,8-10H2,1H3,(H,26,27)/q-1. The number of fused-ring (bicyclic) bond motifs is 1. The Morgan fingerprint density at radius 3 is 2.84 bits per heavy atom. The summed E-state index contributed by atoms with van der Waals surface area (Å²) in [6.45, 7) is -1.94. The average molecular weight is 432 g/mol. The SMILES string of the molecule is CNCc1cnnn1CC(=O)N1CC(Oc2ccc3c(c2C(=O)O)O[B-](O)(O)CC3)C1. The lowest BCUT2D eigenvalue weighted by atomic mass is 9.70. The molecule has 31 heavy (non-hydrogen) atoms. The molecule has 2 aliphatic heterocycles. The van der Waals surface area contributed by atoms with Gasteiger partial charge in [0.15, 0.2) is 0 Å². The summed E-state index contributed by atoms with van der Waals surface area (Å²) in [5, 5.41) is 40.0. The monoisotopic (exact) mass is 432 g/mol. The van der Waals surface area contributed by atoms with Crippen molar-refractivity contribution in [3.05, 3.63) is 35.2 Å². The minimum Gasteiger partial charge on any atom is -0.669 e. The van der Waals surface area contributed by atoms with Crippen molar-refractivity contribution in [2.75, 3.05) is 20.1 Å². The van der Waals surface area contributed by atoms with E-state index in [-0.39, 0.29) is 42.3 Å². The lowest BCUT2D eigenvalue weighted by Crippen LogP contribution is -2.57. The number of ether oxygens (including phenoxy) is 1. The Morgan fingerprint density at radius 1 is 1.35 bits per heavy atom.